The molecule has 1 fully saturated rings. The largest absolute Gasteiger partial charge is 0.493 e. The lowest BCUT2D eigenvalue weighted by Gasteiger charge is -2.32. The van der Waals surface area contributed by atoms with Crippen molar-refractivity contribution in [3.63, 3.8) is 0 Å². The summed E-state index contributed by atoms with van der Waals surface area (Å²) in [6.45, 7) is 0.724. The van der Waals surface area contributed by atoms with Gasteiger partial charge in [0.2, 0.25) is 0 Å². The van der Waals surface area contributed by atoms with Crippen LogP contribution in [0.5, 0.6) is 5.75 Å². The molecule has 1 aliphatic carbocycles. The standard InChI is InChI=1S/C11H13NO2/c13-12-10-8-3-1-2-4-9(8)14-7-11(10)5-6-11/h1-4,10,12-13H,5-7H2. The summed E-state index contributed by atoms with van der Waals surface area (Å²) in [7, 11) is 0. The molecule has 0 aromatic heterocycles. The Morgan fingerprint density at radius 3 is 2.86 bits per heavy atom. The first kappa shape index (κ1) is 8.26. The van der Waals surface area contributed by atoms with Crippen LogP contribution in [0.25, 0.3) is 0 Å². The highest BCUT2D eigenvalue weighted by Gasteiger charge is 2.53. The average molecular weight is 191 g/mol. The van der Waals surface area contributed by atoms with Gasteiger partial charge >= 0.3 is 0 Å². The van der Waals surface area contributed by atoms with Crippen molar-refractivity contribution in [3.8, 4) is 5.75 Å². The molecule has 1 spiro atoms. The maximum atomic E-state index is 9.21. The molecule has 0 bridgehead atoms. The lowest BCUT2D eigenvalue weighted by Crippen LogP contribution is -2.35. The number of fused-ring (bicyclic) bond motifs is 1. The number of ether oxygens (including phenoxy) is 1. The molecule has 3 nitrogen and oxygen atoms in total. The smallest absolute Gasteiger partial charge is 0.124 e. The Morgan fingerprint density at radius 1 is 1.36 bits per heavy atom. The molecule has 1 atom stereocenters. The number of hydrogen-bond acceptors (Lipinski definition) is 3. The molecule has 1 aromatic rings. The lowest BCUT2D eigenvalue weighted by atomic mass is 9.88. The number of hydrogen-bond donors (Lipinski definition) is 2. The Balaban J connectivity index is 2.06. The molecule has 1 aromatic carbocycles. The van der Waals surface area contributed by atoms with Crippen LogP contribution in [0.15, 0.2) is 24.3 Å². The zero-order chi connectivity index (χ0) is 9.60. The van der Waals surface area contributed by atoms with Gasteiger partial charge in [-0.3, -0.25) is 0 Å². The molecule has 3 rings (SSSR count). The van der Waals surface area contributed by atoms with Crippen LogP contribution in [0.2, 0.25) is 0 Å². The van der Waals surface area contributed by atoms with Crippen LogP contribution in [-0.4, -0.2) is 11.8 Å². The van der Waals surface area contributed by atoms with Gasteiger partial charge in [0.1, 0.15) is 5.75 Å². The minimum Gasteiger partial charge on any atom is -0.493 e. The first-order chi connectivity index (χ1) is 6.86. The predicted molar refractivity (Wildman–Crippen MR) is 51.3 cm³/mol. The maximum Gasteiger partial charge on any atom is 0.124 e. The second kappa shape index (κ2) is 2.72. The number of nitrogens with one attached hydrogen (secondary N) is 1. The Bertz CT molecular complexity index is 360. The highest BCUT2D eigenvalue weighted by Crippen LogP contribution is 2.58. The third-order valence-corrected chi connectivity index (χ3v) is 3.38. The van der Waals surface area contributed by atoms with E-state index in [1.165, 1.54) is 0 Å². The van der Waals surface area contributed by atoms with Crippen molar-refractivity contribution in [1.82, 2.24) is 5.48 Å². The van der Waals surface area contributed by atoms with Gasteiger partial charge in [0.15, 0.2) is 0 Å². The number of rotatable bonds is 1. The molecule has 0 radical (unpaired) electrons. The van der Waals surface area contributed by atoms with Crippen LogP contribution in [-0.2, 0) is 0 Å². The second-order valence-electron chi connectivity index (χ2n) is 4.25. The van der Waals surface area contributed by atoms with Gasteiger partial charge in [-0.1, -0.05) is 18.2 Å². The van der Waals surface area contributed by atoms with Crippen molar-refractivity contribution >= 4 is 0 Å². The normalized spacial score (nSPS) is 26.8. The van der Waals surface area contributed by atoms with Crippen LogP contribution < -0.4 is 10.2 Å². The molecule has 1 aliphatic heterocycles. The van der Waals surface area contributed by atoms with E-state index in [4.69, 9.17) is 4.74 Å². The fraction of sp³-hybridized carbons (Fsp3) is 0.455. The van der Waals surface area contributed by atoms with Crippen molar-refractivity contribution in [2.45, 2.75) is 18.9 Å². The van der Waals surface area contributed by atoms with Crippen LogP contribution >= 0.6 is 0 Å². The third kappa shape index (κ3) is 0.996. The molecule has 14 heavy (non-hydrogen) atoms. The van der Waals surface area contributed by atoms with Crippen molar-refractivity contribution in [3.05, 3.63) is 29.8 Å². The number of benzene rings is 1. The lowest BCUT2D eigenvalue weighted by molar-refractivity contribution is 0.0514. The first-order valence-corrected chi connectivity index (χ1v) is 4.97. The quantitative estimate of drug-likeness (QED) is 0.666. The minimum atomic E-state index is 0.0486. The van der Waals surface area contributed by atoms with E-state index in [-0.39, 0.29) is 11.5 Å². The van der Waals surface area contributed by atoms with Crippen molar-refractivity contribution in [1.29, 1.82) is 0 Å². The van der Waals surface area contributed by atoms with E-state index in [1.54, 1.807) is 0 Å². The van der Waals surface area contributed by atoms with Gasteiger partial charge in [-0.2, -0.15) is 5.48 Å². The summed E-state index contributed by atoms with van der Waals surface area (Å²) in [6.07, 6.45) is 2.28. The van der Waals surface area contributed by atoms with Crippen molar-refractivity contribution < 1.29 is 9.94 Å². The Labute approximate surface area is 82.7 Å². The van der Waals surface area contributed by atoms with E-state index in [0.717, 1.165) is 30.8 Å². The van der Waals surface area contributed by atoms with Gasteiger partial charge in [0.25, 0.3) is 0 Å². The Kier molecular flexibility index (Phi) is 1.60. The molecule has 3 heteroatoms. The molecule has 0 saturated heterocycles. The summed E-state index contributed by atoms with van der Waals surface area (Å²) in [4.78, 5) is 0. The van der Waals surface area contributed by atoms with Gasteiger partial charge in [-0.05, 0) is 18.9 Å². The summed E-state index contributed by atoms with van der Waals surface area (Å²) in [5.74, 6) is 0.900. The molecule has 1 heterocycles. The van der Waals surface area contributed by atoms with Gasteiger partial charge in [0.05, 0.1) is 12.6 Å². The molecule has 0 amide bonds. The Hall–Kier alpha value is -1.06. The van der Waals surface area contributed by atoms with E-state index in [1.807, 2.05) is 24.3 Å². The fourth-order valence-corrected chi connectivity index (χ4v) is 2.29. The fourth-order valence-electron chi connectivity index (χ4n) is 2.29. The highest BCUT2D eigenvalue weighted by atomic mass is 16.5. The third-order valence-electron chi connectivity index (χ3n) is 3.38. The predicted octanol–water partition coefficient (Wildman–Crippen LogP) is 1.88. The topological polar surface area (TPSA) is 41.5 Å². The van der Waals surface area contributed by atoms with E-state index in [9.17, 15) is 5.21 Å². The molecular formula is C11H13NO2. The number of hydroxylamine groups is 1. The zero-order valence-electron chi connectivity index (χ0n) is 7.86. The molecule has 1 saturated carbocycles. The molecule has 2 aliphatic rings. The van der Waals surface area contributed by atoms with Gasteiger partial charge in [0, 0.05) is 11.0 Å². The molecular weight excluding hydrogens is 178 g/mol. The SMILES string of the molecule is ONC1c2ccccc2OCC12CC2. The summed E-state index contributed by atoms with van der Waals surface area (Å²) >= 11 is 0. The van der Waals surface area contributed by atoms with Gasteiger partial charge in [-0.15, -0.1) is 0 Å². The van der Waals surface area contributed by atoms with E-state index in [2.05, 4.69) is 5.48 Å². The maximum absolute atomic E-state index is 9.21. The van der Waals surface area contributed by atoms with Crippen LogP contribution in [0.1, 0.15) is 24.4 Å². The van der Waals surface area contributed by atoms with E-state index >= 15 is 0 Å². The van der Waals surface area contributed by atoms with Gasteiger partial charge < -0.3 is 9.94 Å². The summed E-state index contributed by atoms with van der Waals surface area (Å²) in [5.41, 5.74) is 3.67. The summed E-state index contributed by atoms with van der Waals surface area (Å²) in [6, 6.07) is 7.95. The van der Waals surface area contributed by atoms with E-state index in [0.29, 0.717) is 0 Å². The van der Waals surface area contributed by atoms with Gasteiger partial charge in [-0.25, -0.2) is 0 Å². The van der Waals surface area contributed by atoms with Crippen molar-refractivity contribution in [2.24, 2.45) is 5.41 Å². The summed E-state index contributed by atoms with van der Waals surface area (Å²) < 4.78 is 5.68. The number of para-hydroxylation sites is 1. The van der Waals surface area contributed by atoms with Crippen LogP contribution in [0, 0.1) is 5.41 Å². The monoisotopic (exact) mass is 191 g/mol. The van der Waals surface area contributed by atoms with E-state index < -0.39 is 0 Å². The zero-order valence-corrected chi connectivity index (χ0v) is 7.86. The average Bonchev–Trinajstić information content (AvgIpc) is 2.99. The van der Waals surface area contributed by atoms with Crippen LogP contribution in [0.4, 0.5) is 0 Å². The second-order valence-corrected chi connectivity index (χ2v) is 4.25. The Morgan fingerprint density at radius 2 is 2.14 bits per heavy atom. The van der Waals surface area contributed by atoms with Crippen LogP contribution in [0.3, 0.4) is 0 Å². The summed E-state index contributed by atoms with van der Waals surface area (Å²) in [5, 5.41) is 9.21. The minimum absolute atomic E-state index is 0.0486. The molecule has 2 N–H and O–H groups in total. The molecule has 1 unspecified atom stereocenters. The molecule has 74 valence electrons. The first-order valence-electron chi connectivity index (χ1n) is 4.97. The highest BCUT2D eigenvalue weighted by molar-refractivity contribution is 5.40. The van der Waals surface area contributed by atoms with Crippen molar-refractivity contribution in [2.75, 3.05) is 6.61 Å².